The zero-order chi connectivity index (χ0) is 25.4. The number of nitrogens with one attached hydrogen (secondary N) is 1. The van der Waals surface area contributed by atoms with E-state index in [-0.39, 0.29) is 17.9 Å². The van der Waals surface area contributed by atoms with Gasteiger partial charge in [0.2, 0.25) is 5.91 Å². The molecule has 5 unspecified atom stereocenters. The smallest absolute Gasteiger partial charge is 0.328 e. The molecule has 1 aliphatic carbocycles. The van der Waals surface area contributed by atoms with Crippen molar-refractivity contribution in [1.82, 2.24) is 10.2 Å². The molecule has 6 nitrogen and oxygen atoms in total. The van der Waals surface area contributed by atoms with Gasteiger partial charge in [-0.25, -0.2) is 4.79 Å². The molecule has 3 rings (SSSR count). The van der Waals surface area contributed by atoms with Crippen molar-refractivity contribution in [3.8, 4) is 0 Å². The van der Waals surface area contributed by atoms with E-state index in [4.69, 9.17) is 27.9 Å². The van der Waals surface area contributed by atoms with Crippen LogP contribution in [0.15, 0.2) is 30.3 Å². The van der Waals surface area contributed by atoms with E-state index in [1.807, 2.05) is 30.3 Å². The molecular weight excluding hydrogens is 487 g/mol. The highest BCUT2D eigenvalue weighted by Crippen LogP contribution is 2.40. The number of aliphatic hydroxyl groups excluding tert-OH is 1. The maximum Gasteiger partial charge on any atom is 0.328 e. The van der Waals surface area contributed by atoms with Crippen LogP contribution < -0.4 is 5.32 Å². The molecule has 1 saturated heterocycles. The van der Waals surface area contributed by atoms with Crippen molar-refractivity contribution in [2.24, 2.45) is 17.8 Å². The lowest BCUT2D eigenvalue weighted by molar-refractivity contribution is -0.148. The number of halogens is 2. The van der Waals surface area contributed by atoms with Gasteiger partial charge in [0.25, 0.3) is 0 Å². The minimum absolute atomic E-state index is 0.0474. The van der Waals surface area contributed by atoms with Crippen LogP contribution in [0.4, 0.5) is 0 Å². The van der Waals surface area contributed by atoms with Crippen molar-refractivity contribution in [2.45, 2.75) is 74.8 Å². The Morgan fingerprint density at radius 3 is 2.51 bits per heavy atom. The first-order valence-corrected chi connectivity index (χ1v) is 13.8. The van der Waals surface area contributed by atoms with Gasteiger partial charge in [-0.15, -0.1) is 23.2 Å². The van der Waals surface area contributed by atoms with Crippen LogP contribution in [-0.2, 0) is 20.7 Å². The maximum atomic E-state index is 13.2. The monoisotopic (exact) mass is 526 g/mol. The highest BCUT2D eigenvalue weighted by atomic mass is 35.5. The molecule has 0 spiro atoms. The lowest BCUT2D eigenvalue weighted by Crippen LogP contribution is -2.54. The summed E-state index contributed by atoms with van der Waals surface area (Å²) in [4.78, 5) is 28.1. The minimum atomic E-state index is -1.01. The number of rotatable bonds is 10. The van der Waals surface area contributed by atoms with Crippen LogP contribution in [0.2, 0.25) is 0 Å². The molecule has 1 aromatic carbocycles. The topological polar surface area (TPSA) is 78.9 Å². The van der Waals surface area contributed by atoms with Gasteiger partial charge >= 0.3 is 5.97 Å². The molecule has 1 amide bonds. The fourth-order valence-electron chi connectivity index (χ4n) is 5.39. The highest BCUT2D eigenvalue weighted by molar-refractivity contribution is 6.24. The Hall–Kier alpha value is -1.34. The van der Waals surface area contributed by atoms with Crippen LogP contribution in [0.5, 0.6) is 0 Å². The molecule has 1 aromatic rings. The molecule has 2 fully saturated rings. The number of alkyl halides is 2. The van der Waals surface area contributed by atoms with Crippen LogP contribution in [-0.4, -0.2) is 71.5 Å². The Labute approximate surface area is 219 Å². The molecule has 0 radical (unpaired) electrons. The van der Waals surface area contributed by atoms with Crippen LogP contribution >= 0.6 is 23.2 Å². The second-order valence-electron chi connectivity index (χ2n) is 10.1. The van der Waals surface area contributed by atoms with Crippen LogP contribution in [0.1, 0.15) is 51.0 Å². The number of amides is 1. The third-order valence-electron chi connectivity index (χ3n) is 7.59. The summed E-state index contributed by atoms with van der Waals surface area (Å²) in [5.74, 6) is -0.976. The summed E-state index contributed by atoms with van der Waals surface area (Å²) >= 11 is 13.4. The van der Waals surface area contributed by atoms with E-state index in [1.54, 1.807) is 6.92 Å². The summed E-state index contributed by atoms with van der Waals surface area (Å²) < 4.78 is 5.18. The Morgan fingerprint density at radius 2 is 1.86 bits per heavy atom. The second kappa shape index (κ2) is 13.8. The molecule has 1 saturated carbocycles. The van der Waals surface area contributed by atoms with Gasteiger partial charge in [-0.2, -0.15) is 0 Å². The number of likely N-dealkylation sites (tertiary alicyclic amines) is 1. The average molecular weight is 528 g/mol. The average Bonchev–Trinajstić information content (AvgIpc) is 2.85. The largest absolute Gasteiger partial charge is 0.464 e. The van der Waals surface area contributed by atoms with Gasteiger partial charge in [0.1, 0.15) is 6.04 Å². The predicted octanol–water partition coefficient (Wildman–Crippen LogP) is 4.00. The molecule has 0 aromatic heterocycles. The Balaban J connectivity index is 1.55. The SMILES string of the molecule is CCOC(=O)[C@H](Cc1ccccc1)NC(=O)C1CC(Cl)C(CCCC2CCN(C)CC2)C(Cl)C1O. The Kier molecular flexibility index (Phi) is 11.2. The van der Waals surface area contributed by atoms with Crippen LogP contribution in [0.3, 0.4) is 0 Å². The molecule has 2 aliphatic rings. The highest BCUT2D eigenvalue weighted by Gasteiger charge is 2.45. The number of nitrogens with zero attached hydrogens (tertiary/aromatic N) is 1. The first-order chi connectivity index (χ1) is 16.8. The number of hydrogen-bond acceptors (Lipinski definition) is 5. The van der Waals surface area contributed by atoms with E-state index >= 15 is 0 Å². The first-order valence-electron chi connectivity index (χ1n) is 13.0. The van der Waals surface area contributed by atoms with Gasteiger partial charge < -0.3 is 20.1 Å². The van der Waals surface area contributed by atoms with Crippen molar-refractivity contribution in [1.29, 1.82) is 0 Å². The summed E-state index contributed by atoms with van der Waals surface area (Å²) in [6.45, 7) is 4.25. The van der Waals surface area contributed by atoms with Crippen LogP contribution in [0.25, 0.3) is 0 Å². The number of ether oxygens (including phenoxy) is 1. The van der Waals surface area contributed by atoms with Gasteiger partial charge in [0.05, 0.1) is 24.0 Å². The molecule has 8 heteroatoms. The van der Waals surface area contributed by atoms with Gasteiger partial charge in [0, 0.05) is 11.8 Å². The molecule has 1 heterocycles. The third kappa shape index (κ3) is 8.08. The van der Waals surface area contributed by atoms with E-state index < -0.39 is 35.3 Å². The van der Waals surface area contributed by atoms with Crippen molar-refractivity contribution in [3.63, 3.8) is 0 Å². The number of aliphatic hydroxyl groups is 1. The number of carbonyl (C=O) groups is 2. The molecular formula is C27H40Cl2N2O4. The van der Waals surface area contributed by atoms with Crippen molar-refractivity contribution < 1.29 is 19.4 Å². The third-order valence-corrected chi connectivity index (χ3v) is 8.67. The zero-order valence-corrected chi connectivity index (χ0v) is 22.4. The normalized spacial score (nSPS) is 28.9. The van der Waals surface area contributed by atoms with E-state index in [0.29, 0.717) is 12.8 Å². The fraction of sp³-hybridized carbons (Fsp3) is 0.704. The summed E-state index contributed by atoms with van der Waals surface area (Å²) in [6, 6.07) is 8.61. The quantitative estimate of drug-likeness (QED) is 0.355. The Bertz CT molecular complexity index is 804. The second-order valence-corrected chi connectivity index (χ2v) is 11.2. The maximum absolute atomic E-state index is 13.2. The molecule has 2 N–H and O–H groups in total. The van der Waals surface area contributed by atoms with Gasteiger partial charge in [0.15, 0.2) is 0 Å². The number of carbonyl (C=O) groups excluding carboxylic acids is 2. The molecule has 35 heavy (non-hydrogen) atoms. The summed E-state index contributed by atoms with van der Waals surface area (Å²) in [7, 11) is 2.17. The molecule has 6 atom stereocenters. The minimum Gasteiger partial charge on any atom is -0.464 e. The zero-order valence-electron chi connectivity index (χ0n) is 20.9. The summed E-state index contributed by atoms with van der Waals surface area (Å²) in [6.07, 6.45) is 5.10. The Morgan fingerprint density at radius 1 is 1.17 bits per heavy atom. The number of esters is 1. The summed E-state index contributed by atoms with van der Waals surface area (Å²) in [5, 5.41) is 12.8. The lowest BCUT2D eigenvalue weighted by atomic mass is 9.76. The van der Waals surface area contributed by atoms with E-state index in [1.165, 1.54) is 12.8 Å². The van der Waals surface area contributed by atoms with Crippen molar-refractivity contribution in [2.75, 3.05) is 26.7 Å². The van der Waals surface area contributed by atoms with Gasteiger partial charge in [-0.3, -0.25) is 4.79 Å². The molecule has 196 valence electrons. The first kappa shape index (κ1) is 28.2. The number of piperidine rings is 1. The fourth-order valence-corrected chi connectivity index (χ4v) is 6.42. The van der Waals surface area contributed by atoms with Crippen LogP contribution in [0, 0.1) is 17.8 Å². The summed E-state index contributed by atoms with van der Waals surface area (Å²) in [5.41, 5.74) is 0.908. The number of benzene rings is 1. The molecule has 0 bridgehead atoms. The lowest BCUT2D eigenvalue weighted by Gasteiger charge is -2.40. The van der Waals surface area contributed by atoms with E-state index in [9.17, 15) is 14.7 Å². The number of hydrogen-bond donors (Lipinski definition) is 2. The standard InChI is InChI=1S/C27H40Cl2N2O4/c1-3-35-27(34)23(16-19-8-5-4-6-9-19)30-26(33)21-17-22(28)20(24(29)25(21)32)11-7-10-18-12-14-31(2)15-13-18/h4-6,8-9,18,20-25,32H,3,7,10-17H2,1-2H3,(H,30,33)/t20?,21?,22?,23-,24?,25?/m0/s1. The van der Waals surface area contributed by atoms with Gasteiger partial charge in [-0.05, 0) is 70.1 Å². The van der Waals surface area contributed by atoms with E-state index in [2.05, 4.69) is 17.3 Å². The van der Waals surface area contributed by atoms with Gasteiger partial charge in [-0.1, -0.05) is 43.2 Å². The van der Waals surface area contributed by atoms with Crippen molar-refractivity contribution >= 4 is 35.1 Å². The molecule has 1 aliphatic heterocycles. The van der Waals surface area contributed by atoms with Crippen molar-refractivity contribution in [3.05, 3.63) is 35.9 Å². The van der Waals surface area contributed by atoms with E-state index in [0.717, 1.165) is 43.8 Å². The predicted molar refractivity (Wildman–Crippen MR) is 140 cm³/mol.